The number of unbranched alkanes of at least 4 members (excludes halogenated alkanes) is 1. The van der Waals surface area contributed by atoms with Crippen molar-refractivity contribution in [3.63, 3.8) is 0 Å². The summed E-state index contributed by atoms with van der Waals surface area (Å²) in [6, 6.07) is 0. The molecule has 0 aromatic rings. The lowest BCUT2D eigenvalue weighted by Gasteiger charge is -2.44. The summed E-state index contributed by atoms with van der Waals surface area (Å²) in [5.74, 6) is 0. The monoisotopic (exact) mass is 202 g/mol. The average molecular weight is 202 g/mol. The molecule has 0 aliphatic rings. The van der Waals surface area contributed by atoms with E-state index in [0.717, 1.165) is 0 Å². The van der Waals surface area contributed by atoms with Gasteiger partial charge in [0, 0.05) is 0 Å². The molecule has 2 unspecified atom stereocenters. The molecule has 80 valence electrons. The van der Waals surface area contributed by atoms with Crippen LogP contribution in [-0.2, 0) is 0 Å². The minimum absolute atomic E-state index is 0.443. The Kier molecular flexibility index (Phi) is 5.52. The van der Waals surface area contributed by atoms with Gasteiger partial charge < -0.3 is 0 Å². The molecule has 1 heteroatoms. The van der Waals surface area contributed by atoms with Crippen molar-refractivity contribution in [1.82, 2.24) is 0 Å². The minimum Gasteiger partial charge on any atom is -0.137 e. The van der Waals surface area contributed by atoms with Gasteiger partial charge in [0.05, 0.1) is 0 Å². The maximum atomic E-state index is 2.95. The summed E-state index contributed by atoms with van der Waals surface area (Å²) in [6.45, 7) is 11.8. The van der Waals surface area contributed by atoms with Crippen molar-refractivity contribution < 1.29 is 0 Å². The van der Waals surface area contributed by atoms with Crippen molar-refractivity contribution in [2.24, 2.45) is 10.8 Å². The quantitative estimate of drug-likeness (QED) is 0.576. The van der Waals surface area contributed by atoms with Crippen LogP contribution in [0.2, 0.25) is 0 Å². The van der Waals surface area contributed by atoms with Crippen molar-refractivity contribution in [2.45, 2.75) is 60.3 Å². The van der Waals surface area contributed by atoms with Gasteiger partial charge in [-0.2, -0.15) is 0 Å². The Morgan fingerprint density at radius 1 is 1.08 bits per heavy atom. The third kappa shape index (κ3) is 3.24. The van der Waals surface area contributed by atoms with Gasteiger partial charge in [-0.05, 0) is 29.8 Å². The number of rotatable bonds is 5. The third-order valence-corrected chi connectivity index (χ3v) is 4.45. The molecule has 0 aliphatic carbocycles. The van der Waals surface area contributed by atoms with Crippen LogP contribution < -0.4 is 0 Å². The minimum atomic E-state index is 0.443. The molecule has 0 aliphatic heterocycles. The van der Waals surface area contributed by atoms with Crippen LogP contribution in [0, 0.1) is 10.8 Å². The van der Waals surface area contributed by atoms with Crippen molar-refractivity contribution in [2.75, 3.05) is 6.16 Å². The standard InChI is InChI=1S/C12H27P/c1-6-8-9-12(7-2,10-13)11(3,4)5/h6-10,13H2,1-5H3. The first-order valence-corrected chi connectivity index (χ1v) is 6.45. The summed E-state index contributed by atoms with van der Waals surface area (Å²) in [5, 5.41) is 0. The Hall–Kier alpha value is 0.430. The van der Waals surface area contributed by atoms with Crippen molar-refractivity contribution in [3.8, 4) is 0 Å². The molecule has 0 nitrogen and oxygen atoms in total. The normalized spacial score (nSPS) is 17.1. The maximum absolute atomic E-state index is 2.95. The van der Waals surface area contributed by atoms with Gasteiger partial charge >= 0.3 is 0 Å². The molecule has 0 saturated heterocycles. The Morgan fingerprint density at radius 2 is 1.62 bits per heavy atom. The fraction of sp³-hybridized carbons (Fsp3) is 1.00. The first kappa shape index (κ1) is 13.4. The molecule has 0 N–H and O–H groups in total. The zero-order valence-corrected chi connectivity index (χ0v) is 11.3. The molecule has 0 amide bonds. The summed E-state index contributed by atoms with van der Waals surface area (Å²) in [5.41, 5.74) is 0.979. The van der Waals surface area contributed by atoms with Crippen molar-refractivity contribution >= 4 is 9.24 Å². The lowest BCUT2D eigenvalue weighted by molar-refractivity contribution is 0.0936. The van der Waals surface area contributed by atoms with Crippen LogP contribution in [-0.4, -0.2) is 6.16 Å². The van der Waals surface area contributed by atoms with Crippen LogP contribution in [0.1, 0.15) is 60.3 Å². The van der Waals surface area contributed by atoms with Crippen LogP contribution in [0.4, 0.5) is 0 Å². The van der Waals surface area contributed by atoms with E-state index in [9.17, 15) is 0 Å². The summed E-state index contributed by atoms with van der Waals surface area (Å²) < 4.78 is 0. The fourth-order valence-corrected chi connectivity index (χ4v) is 3.26. The van der Waals surface area contributed by atoms with E-state index in [0.29, 0.717) is 10.8 Å². The maximum Gasteiger partial charge on any atom is -0.0217 e. The predicted octanol–water partition coefficient (Wildman–Crippen LogP) is 4.49. The van der Waals surface area contributed by atoms with Gasteiger partial charge in [-0.25, -0.2) is 0 Å². The summed E-state index contributed by atoms with van der Waals surface area (Å²) in [7, 11) is 2.95. The predicted molar refractivity (Wildman–Crippen MR) is 66.3 cm³/mol. The molecule has 0 radical (unpaired) electrons. The number of hydrogen-bond donors (Lipinski definition) is 0. The molecule has 0 rings (SSSR count). The van der Waals surface area contributed by atoms with Crippen LogP contribution >= 0.6 is 9.24 Å². The largest absolute Gasteiger partial charge is 0.137 e. The van der Waals surface area contributed by atoms with Gasteiger partial charge in [-0.15, -0.1) is 9.24 Å². The van der Waals surface area contributed by atoms with Gasteiger partial charge in [0.2, 0.25) is 0 Å². The van der Waals surface area contributed by atoms with E-state index in [1.807, 2.05) is 0 Å². The second-order valence-electron chi connectivity index (χ2n) is 5.19. The highest BCUT2D eigenvalue weighted by atomic mass is 31.0. The van der Waals surface area contributed by atoms with Crippen LogP contribution in [0.3, 0.4) is 0 Å². The van der Waals surface area contributed by atoms with E-state index in [1.165, 1.54) is 31.8 Å². The van der Waals surface area contributed by atoms with E-state index < -0.39 is 0 Å². The molecule has 0 heterocycles. The van der Waals surface area contributed by atoms with Crippen molar-refractivity contribution in [3.05, 3.63) is 0 Å². The van der Waals surface area contributed by atoms with Gasteiger partial charge in [0.25, 0.3) is 0 Å². The fourth-order valence-electron chi connectivity index (χ4n) is 2.15. The average Bonchev–Trinajstić information content (AvgIpc) is 2.05. The van der Waals surface area contributed by atoms with Gasteiger partial charge in [0.15, 0.2) is 0 Å². The van der Waals surface area contributed by atoms with Crippen LogP contribution in [0.25, 0.3) is 0 Å². The van der Waals surface area contributed by atoms with Crippen LogP contribution in [0.5, 0.6) is 0 Å². The highest BCUT2D eigenvalue weighted by molar-refractivity contribution is 7.16. The lowest BCUT2D eigenvalue weighted by atomic mass is 9.63. The second kappa shape index (κ2) is 5.35. The van der Waals surface area contributed by atoms with Crippen LogP contribution in [0.15, 0.2) is 0 Å². The van der Waals surface area contributed by atoms with Gasteiger partial charge in [0.1, 0.15) is 0 Å². The lowest BCUT2D eigenvalue weighted by Crippen LogP contribution is -2.36. The molecule has 0 spiro atoms. The molecule has 13 heavy (non-hydrogen) atoms. The Labute approximate surface area is 87.1 Å². The third-order valence-electron chi connectivity index (χ3n) is 3.67. The van der Waals surface area contributed by atoms with E-state index in [1.54, 1.807) is 0 Å². The zero-order chi connectivity index (χ0) is 10.5. The van der Waals surface area contributed by atoms with E-state index in [4.69, 9.17) is 0 Å². The molecule has 0 saturated carbocycles. The molecular weight excluding hydrogens is 175 g/mol. The van der Waals surface area contributed by atoms with E-state index in [2.05, 4.69) is 43.9 Å². The molecular formula is C12H27P. The molecule has 2 atom stereocenters. The number of hydrogen-bond acceptors (Lipinski definition) is 0. The first-order valence-electron chi connectivity index (χ1n) is 5.63. The highest BCUT2D eigenvalue weighted by Gasteiger charge is 2.37. The summed E-state index contributed by atoms with van der Waals surface area (Å²) in [6.07, 6.45) is 6.63. The Bertz CT molecular complexity index is 129. The van der Waals surface area contributed by atoms with Crippen molar-refractivity contribution in [1.29, 1.82) is 0 Å². The Morgan fingerprint density at radius 3 is 1.85 bits per heavy atom. The topological polar surface area (TPSA) is 0 Å². The highest BCUT2D eigenvalue weighted by Crippen LogP contribution is 2.46. The first-order chi connectivity index (χ1) is 5.93. The molecule has 0 fully saturated rings. The zero-order valence-electron chi connectivity index (χ0n) is 10.1. The molecule has 0 bridgehead atoms. The van der Waals surface area contributed by atoms with E-state index in [-0.39, 0.29) is 0 Å². The summed E-state index contributed by atoms with van der Waals surface area (Å²) in [4.78, 5) is 0. The SMILES string of the molecule is CCCCC(CC)(CP)C(C)(C)C. The van der Waals surface area contributed by atoms with Gasteiger partial charge in [-0.3, -0.25) is 0 Å². The Balaban J connectivity index is 4.50. The molecule has 0 aromatic heterocycles. The second-order valence-corrected chi connectivity index (χ2v) is 5.60. The summed E-state index contributed by atoms with van der Waals surface area (Å²) >= 11 is 0. The van der Waals surface area contributed by atoms with Gasteiger partial charge in [-0.1, -0.05) is 47.5 Å². The van der Waals surface area contributed by atoms with E-state index >= 15 is 0 Å². The molecule has 0 aromatic carbocycles. The smallest absolute Gasteiger partial charge is 0.0217 e.